The number of ether oxygens (including phenoxy) is 2. The quantitative estimate of drug-likeness (QED) is 0.904. The molecule has 1 saturated heterocycles. The van der Waals surface area contributed by atoms with Crippen molar-refractivity contribution in [3.05, 3.63) is 23.8 Å². The van der Waals surface area contributed by atoms with Crippen molar-refractivity contribution in [2.75, 3.05) is 45.9 Å². The van der Waals surface area contributed by atoms with E-state index in [1.54, 1.807) is 0 Å². The van der Waals surface area contributed by atoms with E-state index in [0.717, 1.165) is 31.0 Å². The zero-order valence-corrected chi connectivity index (χ0v) is 12.2. The third-order valence-electron chi connectivity index (χ3n) is 3.97. The molecule has 3 rings (SSSR count). The van der Waals surface area contributed by atoms with E-state index in [1.165, 1.54) is 25.2 Å². The average Bonchev–Trinajstić information content (AvgIpc) is 2.48. The van der Waals surface area contributed by atoms with Gasteiger partial charge in [0.1, 0.15) is 13.2 Å². The van der Waals surface area contributed by atoms with E-state index >= 15 is 0 Å². The van der Waals surface area contributed by atoms with Crippen molar-refractivity contribution in [1.82, 2.24) is 10.2 Å². The van der Waals surface area contributed by atoms with E-state index in [0.29, 0.717) is 19.1 Å². The zero-order valence-electron chi connectivity index (χ0n) is 12.2. The summed E-state index contributed by atoms with van der Waals surface area (Å²) in [5, 5.41) is 3.40. The first-order valence-corrected chi connectivity index (χ1v) is 7.63. The van der Waals surface area contributed by atoms with Crippen LogP contribution in [0.2, 0.25) is 0 Å². The van der Waals surface area contributed by atoms with E-state index in [1.807, 2.05) is 6.07 Å². The standard InChI is InChI=1S/C16H24N2O2/c1-13(12-18-6-4-17-5-7-18)10-14-2-3-15-16(11-14)20-9-8-19-15/h2-3,11,13,17H,4-10,12H2,1H3. The van der Waals surface area contributed by atoms with E-state index < -0.39 is 0 Å². The summed E-state index contributed by atoms with van der Waals surface area (Å²) in [7, 11) is 0. The first-order valence-electron chi connectivity index (χ1n) is 7.63. The van der Waals surface area contributed by atoms with Crippen molar-refractivity contribution in [2.45, 2.75) is 13.3 Å². The van der Waals surface area contributed by atoms with Crippen LogP contribution in [0.5, 0.6) is 11.5 Å². The van der Waals surface area contributed by atoms with Gasteiger partial charge in [-0.15, -0.1) is 0 Å². The Labute approximate surface area is 121 Å². The maximum absolute atomic E-state index is 5.65. The van der Waals surface area contributed by atoms with E-state index in [-0.39, 0.29) is 0 Å². The van der Waals surface area contributed by atoms with E-state index in [4.69, 9.17) is 9.47 Å². The van der Waals surface area contributed by atoms with Crippen LogP contribution in [-0.2, 0) is 6.42 Å². The van der Waals surface area contributed by atoms with Crippen molar-refractivity contribution in [1.29, 1.82) is 0 Å². The summed E-state index contributed by atoms with van der Waals surface area (Å²) in [6.45, 7) is 9.41. The van der Waals surface area contributed by atoms with Gasteiger partial charge in [0.15, 0.2) is 11.5 Å². The van der Waals surface area contributed by atoms with Crippen molar-refractivity contribution in [3.63, 3.8) is 0 Å². The Kier molecular flexibility index (Phi) is 4.43. The molecule has 20 heavy (non-hydrogen) atoms. The third-order valence-corrected chi connectivity index (χ3v) is 3.97. The van der Waals surface area contributed by atoms with Gasteiger partial charge in [-0.3, -0.25) is 0 Å². The second-order valence-corrected chi connectivity index (χ2v) is 5.84. The van der Waals surface area contributed by atoms with E-state index in [2.05, 4.69) is 29.3 Å². The van der Waals surface area contributed by atoms with Gasteiger partial charge in [-0.25, -0.2) is 0 Å². The van der Waals surface area contributed by atoms with Crippen molar-refractivity contribution in [3.8, 4) is 11.5 Å². The van der Waals surface area contributed by atoms with Crippen LogP contribution >= 0.6 is 0 Å². The Morgan fingerprint density at radius 2 is 1.90 bits per heavy atom. The summed E-state index contributed by atoms with van der Waals surface area (Å²) >= 11 is 0. The number of hydrogen-bond donors (Lipinski definition) is 1. The minimum Gasteiger partial charge on any atom is -0.486 e. The van der Waals surface area contributed by atoms with Gasteiger partial charge in [0, 0.05) is 32.7 Å². The molecule has 1 atom stereocenters. The average molecular weight is 276 g/mol. The molecule has 2 aliphatic rings. The van der Waals surface area contributed by atoms with Crippen LogP contribution in [-0.4, -0.2) is 50.8 Å². The summed E-state index contributed by atoms with van der Waals surface area (Å²) in [5.41, 5.74) is 1.34. The Hall–Kier alpha value is -1.26. The molecule has 0 saturated carbocycles. The molecule has 1 fully saturated rings. The maximum atomic E-state index is 5.65. The lowest BCUT2D eigenvalue weighted by molar-refractivity contribution is 0.171. The third kappa shape index (κ3) is 3.44. The normalized spacial score (nSPS) is 20.6. The fraction of sp³-hybridized carbons (Fsp3) is 0.625. The van der Waals surface area contributed by atoms with Crippen LogP contribution in [0.25, 0.3) is 0 Å². The van der Waals surface area contributed by atoms with Gasteiger partial charge in [-0.2, -0.15) is 0 Å². The number of nitrogens with one attached hydrogen (secondary N) is 1. The largest absolute Gasteiger partial charge is 0.486 e. The predicted molar refractivity (Wildman–Crippen MR) is 79.6 cm³/mol. The molecule has 0 bridgehead atoms. The highest BCUT2D eigenvalue weighted by Gasteiger charge is 2.15. The summed E-state index contributed by atoms with van der Waals surface area (Å²) < 4.78 is 11.2. The predicted octanol–water partition coefficient (Wildman–Crippen LogP) is 1.54. The SMILES string of the molecule is CC(Cc1ccc2c(c1)OCCO2)CN1CCNCC1. The molecule has 0 spiro atoms. The molecule has 110 valence electrons. The monoisotopic (exact) mass is 276 g/mol. The Balaban J connectivity index is 1.56. The van der Waals surface area contributed by atoms with Crippen LogP contribution < -0.4 is 14.8 Å². The van der Waals surface area contributed by atoms with E-state index in [9.17, 15) is 0 Å². The summed E-state index contributed by atoms with van der Waals surface area (Å²) in [4.78, 5) is 2.55. The lowest BCUT2D eigenvalue weighted by Crippen LogP contribution is -2.45. The Morgan fingerprint density at radius 3 is 2.70 bits per heavy atom. The fourth-order valence-corrected chi connectivity index (χ4v) is 3.02. The van der Waals surface area contributed by atoms with Crippen molar-refractivity contribution < 1.29 is 9.47 Å². The van der Waals surface area contributed by atoms with Crippen LogP contribution in [0.1, 0.15) is 12.5 Å². The van der Waals surface area contributed by atoms with Crippen LogP contribution in [0, 0.1) is 5.92 Å². The van der Waals surface area contributed by atoms with Crippen LogP contribution in [0.4, 0.5) is 0 Å². The van der Waals surface area contributed by atoms with Crippen LogP contribution in [0.3, 0.4) is 0 Å². The zero-order chi connectivity index (χ0) is 13.8. The highest BCUT2D eigenvalue weighted by Crippen LogP contribution is 2.31. The molecule has 4 heteroatoms. The van der Waals surface area contributed by atoms with Gasteiger partial charge in [0.05, 0.1) is 0 Å². The molecule has 0 aromatic heterocycles. The lowest BCUT2D eigenvalue weighted by atomic mass is 10.00. The number of fused-ring (bicyclic) bond motifs is 1. The molecule has 2 heterocycles. The number of nitrogens with zero attached hydrogens (tertiary/aromatic N) is 1. The number of benzene rings is 1. The van der Waals surface area contributed by atoms with Crippen molar-refractivity contribution in [2.24, 2.45) is 5.92 Å². The minimum absolute atomic E-state index is 0.658. The molecule has 0 amide bonds. The molecule has 1 aromatic carbocycles. The molecule has 2 aliphatic heterocycles. The minimum atomic E-state index is 0.658. The first-order chi connectivity index (χ1) is 9.81. The Bertz CT molecular complexity index is 444. The fourth-order valence-electron chi connectivity index (χ4n) is 3.02. The maximum Gasteiger partial charge on any atom is 0.161 e. The van der Waals surface area contributed by atoms with Gasteiger partial charge >= 0.3 is 0 Å². The smallest absolute Gasteiger partial charge is 0.161 e. The summed E-state index contributed by atoms with van der Waals surface area (Å²) in [6, 6.07) is 6.35. The molecule has 4 nitrogen and oxygen atoms in total. The Morgan fingerprint density at radius 1 is 1.15 bits per heavy atom. The second kappa shape index (κ2) is 6.46. The number of rotatable bonds is 4. The molecule has 0 radical (unpaired) electrons. The van der Waals surface area contributed by atoms with Gasteiger partial charge in [0.25, 0.3) is 0 Å². The van der Waals surface area contributed by atoms with Gasteiger partial charge < -0.3 is 19.7 Å². The highest BCUT2D eigenvalue weighted by atomic mass is 16.6. The lowest BCUT2D eigenvalue weighted by Gasteiger charge is -2.29. The molecular weight excluding hydrogens is 252 g/mol. The van der Waals surface area contributed by atoms with Crippen LogP contribution in [0.15, 0.2) is 18.2 Å². The van der Waals surface area contributed by atoms with Gasteiger partial charge in [-0.1, -0.05) is 13.0 Å². The first kappa shape index (κ1) is 13.7. The topological polar surface area (TPSA) is 33.7 Å². The molecule has 1 unspecified atom stereocenters. The highest BCUT2D eigenvalue weighted by molar-refractivity contribution is 5.43. The summed E-state index contributed by atoms with van der Waals surface area (Å²) in [6.07, 6.45) is 1.10. The van der Waals surface area contributed by atoms with Gasteiger partial charge in [-0.05, 0) is 30.0 Å². The molecule has 0 aliphatic carbocycles. The number of piperazine rings is 1. The molecular formula is C16H24N2O2. The molecule has 1 aromatic rings. The van der Waals surface area contributed by atoms with Gasteiger partial charge in [0.2, 0.25) is 0 Å². The second-order valence-electron chi connectivity index (χ2n) is 5.84. The van der Waals surface area contributed by atoms with Crippen molar-refractivity contribution >= 4 is 0 Å². The number of hydrogen-bond acceptors (Lipinski definition) is 4. The molecule has 1 N–H and O–H groups in total. The summed E-state index contributed by atoms with van der Waals surface area (Å²) in [5.74, 6) is 2.45.